The second-order valence-electron chi connectivity index (χ2n) is 5.65. The van der Waals surface area contributed by atoms with Crippen molar-refractivity contribution < 1.29 is 9.90 Å². The summed E-state index contributed by atoms with van der Waals surface area (Å²) in [6, 6.07) is 3.35. The monoisotopic (exact) mass is 278 g/mol. The molecule has 0 amide bonds. The second kappa shape index (κ2) is 7.27. The lowest BCUT2D eigenvalue weighted by atomic mass is 10.1. The van der Waals surface area contributed by atoms with E-state index in [0.29, 0.717) is 11.5 Å². The maximum Gasteiger partial charge on any atom is 0.335 e. The van der Waals surface area contributed by atoms with Crippen LogP contribution in [0, 0.1) is 5.92 Å². The lowest BCUT2D eigenvalue weighted by Crippen LogP contribution is -2.29. The number of carboxylic acid groups (broad SMARTS) is 1. The average molecular weight is 278 g/mol. The number of rotatable bonds is 7. The van der Waals surface area contributed by atoms with Crippen molar-refractivity contribution in [1.82, 2.24) is 4.98 Å². The van der Waals surface area contributed by atoms with Crippen LogP contribution in [0.3, 0.4) is 0 Å². The smallest absolute Gasteiger partial charge is 0.335 e. The Morgan fingerprint density at radius 2 is 1.95 bits per heavy atom. The van der Waals surface area contributed by atoms with Crippen molar-refractivity contribution in [2.24, 2.45) is 5.92 Å². The molecule has 4 nitrogen and oxygen atoms in total. The highest BCUT2D eigenvalue weighted by atomic mass is 16.4. The Balaban J connectivity index is 3.16. The lowest BCUT2D eigenvalue weighted by molar-refractivity contribution is 0.0696. The number of pyridine rings is 1. The van der Waals surface area contributed by atoms with Crippen LogP contribution in [0.1, 0.15) is 63.0 Å². The van der Waals surface area contributed by atoms with Crippen molar-refractivity contribution in [2.45, 2.75) is 47.0 Å². The minimum Gasteiger partial charge on any atom is -0.478 e. The van der Waals surface area contributed by atoms with Crippen LogP contribution in [-0.4, -0.2) is 29.1 Å². The summed E-state index contributed by atoms with van der Waals surface area (Å²) in [5.74, 6) is 0.662. The molecule has 1 atom stereocenters. The number of carbonyl (C=O) groups is 1. The van der Waals surface area contributed by atoms with E-state index >= 15 is 0 Å². The molecule has 0 saturated carbocycles. The van der Waals surface area contributed by atoms with Crippen molar-refractivity contribution in [1.29, 1.82) is 0 Å². The molecule has 112 valence electrons. The highest BCUT2D eigenvalue weighted by molar-refractivity contribution is 5.88. The fourth-order valence-corrected chi connectivity index (χ4v) is 2.01. The highest BCUT2D eigenvalue weighted by Gasteiger charge is 2.15. The Morgan fingerprint density at radius 3 is 2.40 bits per heavy atom. The van der Waals surface area contributed by atoms with Gasteiger partial charge in [0.05, 0.1) is 5.56 Å². The predicted octanol–water partition coefficient (Wildman–Crippen LogP) is 3.78. The minimum absolute atomic E-state index is 0.218. The number of aromatic nitrogens is 1. The van der Waals surface area contributed by atoms with E-state index in [0.717, 1.165) is 31.0 Å². The van der Waals surface area contributed by atoms with E-state index < -0.39 is 5.97 Å². The Kier molecular flexibility index (Phi) is 5.99. The fraction of sp³-hybridized carbons (Fsp3) is 0.625. The molecule has 0 aliphatic rings. The quantitative estimate of drug-likeness (QED) is 0.824. The first-order valence-corrected chi connectivity index (χ1v) is 7.39. The zero-order valence-electron chi connectivity index (χ0n) is 13.2. The van der Waals surface area contributed by atoms with Crippen LogP contribution >= 0.6 is 0 Å². The van der Waals surface area contributed by atoms with E-state index in [9.17, 15) is 9.90 Å². The summed E-state index contributed by atoms with van der Waals surface area (Å²) in [5.41, 5.74) is 1.16. The van der Waals surface area contributed by atoms with Gasteiger partial charge >= 0.3 is 5.97 Å². The number of hydrogen-bond acceptors (Lipinski definition) is 3. The molecule has 0 saturated heterocycles. The fourth-order valence-electron chi connectivity index (χ4n) is 2.01. The molecule has 1 N–H and O–H groups in total. The summed E-state index contributed by atoms with van der Waals surface area (Å²) in [4.78, 5) is 18.1. The van der Waals surface area contributed by atoms with Gasteiger partial charge in [-0.3, -0.25) is 0 Å². The molecule has 1 aromatic heterocycles. The third-order valence-corrected chi connectivity index (χ3v) is 3.60. The molecule has 1 aromatic rings. The third-order valence-electron chi connectivity index (χ3n) is 3.60. The topological polar surface area (TPSA) is 53.4 Å². The lowest BCUT2D eigenvalue weighted by Gasteiger charge is -2.26. The van der Waals surface area contributed by atoms with E-state index in [1.165, 1.54) is 0 Å². The normalized spacial score (nSPS) is 12.5. The number of hydrogen-bond donors (Lipinski definition) is 1. The molecule has 0 aliphatic carbocycles. The van der Waals surface area contributed by atoms with Crippen LogP contribution in [-0.2, 0) is 0 Å². The van der Waals surface area contributed by atoms with Gasteiger partial charge in [0.2, 0.25) is 0 Å². The van der Waals surface area contributed by atoms with Crippen LogP contribution in [0.5, 0.6) is 0 Å². The summed E-state index contributed by atoms with van der Waals surface area (Å²) in [7, 11) is 0. The largest absolute Gasteiger partial charge is 0.478 e. The van der Waals surface area contributed by atoms with E-state index in [2.05, 4.69) is 30.7 Å². The SMILES string of the molecule is CCC(C)CN(CC)c1cc(C(=O)O)cc(C(C)C)n1. The summed E-state index contributed by atoms with van der Waals surface area (Å²) in [6.07, 6.45) is 1.10. The van der Waals surface area contributed by atoms with Gasteiger partial charge in [-0.25, -0.2) is 9.78 Å². The van der Waals surface area contributed by atoms with Gasteiger partial charge in [0, 0.05) is 18.8 Å². The zero-order valence-corrected chi connectivity index (χ0v) is 13.2. The predicted molar refractivity (Wildman–Crippen MR) is 82.6 cm³/mol. The van der Waals surface area contributed by atoms with Gasteiger partial charge in [0.1, 0.15) is 5.82 Å². The molecule has 1 rings (SSSR count). The van der Waals surface area contributed by atoms with Crippen LogP contribution in [0.2, 0.25) is 0 Å². The molecule has 0 fully saturated rings. The number of carboxylic acids is 1. The summed E-state index contributed by atoms with van der Waals surface area (Å²) >= 11 is 0. The third kappa shape index (κ3) is 4.22. The standard InChI is InChI=1S/C16H26N2O2/c1-6-12(5)10-18(7-2)15-9-13(16(19)20)8-14(17-15)11(3)4/h8-9,11-12H,6-7,10H2,1-5H3,(H,19,20). The molecule has 0 aromatic carbocycles. The molecule has 0 radical (unpaired) electrons. The molecular formula is C16H26N2O2. The van der Waals surface area contributed by atoms with Gasteiger partial charge < -0.3 is 10.0 Å². The van der Waals surface area contributed by atoms with Gasteiger partial charge in [0.15, 0.2) is 0 Å². The summed E-state index contributed by atoms with van der Waals surface area (Å²) in [5, 5.41) is 9.25. The molecule has 4 heteroatoms. The van der Waals surface area contributed by atoms with E-state index in [-0.39, 0.29) is 5.92 Å². The maximum atomic E-state index is 11.3. The molecule has 1 heterocycles. The first kappa shape index (κ1) is 16.5. The van der Waals surface area contributed by atoms with Crippen molar-refractivity contribution in [3.63, 3.8) is 0 Å². The maximum absolute atomic E-state index is 11.3. The summed E-state index contributed by atoms with van der Waals surface area (Å²) < 4.78 is 0. The van der Waals surface area contributed by atoms with Crippen molar-refractivity contribution in [3.8, 4) is 0 Å². The molecule has 0 aliphatic heterocycles. The van der Waals surface area contributed by atoms with Crippen LogP contribution in [0.4, 0.5) is 5.82 Å². The van der Waals surface area contributed by atoms with E-state index in [4.69, 9.17) is 0 Å². The first-order chi connectivity index (χ1) is 9.38. The number of anilines is 1. The van der Waals surface area contributed by atoms with Gasteiger partial charge in [0.25, 0.3) is 0 Å². The van der Waals surface area contributed by atoms with Gasteiger partial charge in [-0.1, -0.05) is 34.1 Å². The Morgan fingerprint density at radius 1 is 1.30 bits per heavy atom. The number of nitrogens with zero attached hydrogens (tertiary/aromatic N) is 2. The Labute approximate surface area is 121 Å². The molecule has 20 heavy (non-hydrogen) atoms. The molecule has 0 spiro atoms. The van der Waals surface area contributed by atoms with Crippen molar-refractivity contribution in [2.75, 3.05) is 18.0 Å². The van der Waals surface area contributed by atoms with Crippen molar-refractivity contribution >= 4 is 11.8 Å². The summed E-state index contributed by atoms with van der Waals surface area (Å²) in [6.45, 7) is 12.2. The van der Waals surface area contributed by atoms with Crippen LogP contribution in [0.15, 0.2) is 12.1 Å². The Bertz CT molecular complexity index is 458. The molecule has 0 bridgehead atoms. The van der Waals surface area contributed by atoms with Gasteiger partial charge in [-0.2, -0.15) is 0 Å². The van der Waals surface area contributed by atoms with Gasteiger partial charge in [-0.15, -0.1) is 0 Å². The Hall–Kier alpha value is -1.58. The van der Waals surface area contributed by atoms with Gasteiger partial charge in [-0.05, 0) is 30.9 Å². The minimum atomic E-state index is -0.893. The van der Waals surface area contributed by atoms with Crippen LogP contribution in [0.25, 0.3) is 0 Å². The first-order valence-electron chi connectivity index (χ1n) is 7.39. The second-order valence-corrected chi connectivity index (χ2v) is 5.65. The highest BCUT2D eigenvalue weighted by Crippen LogP contribution is 2.21. The van der Waals surface area contributed by atoms with E-state index in [1.807, 2.05) is 13.8 Å². The van der Waals surface area contributed by atoms with E-state index in [1.54, 1.807) is 12.1 Å². The number of aromatic carboxylic acids is 1. The molecular weight excluding hydrogens is 252 g/mol. The van der Waals surface area contributed by atoms with Crippen molar-refractivity contribution in [3.05, 3.63) is 23.4 Å². The molecule has 1 unspecified atom stereocenters. The average Bonchev–Trinajstić information content (AvgIpc) is 2.43. The van der Waals surface area contributed by atoms with Crippen LogP contribution < -0.4 is 4.90 Å². The zero-order chi connectivity index (χ0) is 15.3.